The topological polar surface area (TPSA) is 35.5 Å². The van der Waals surface area contributed by atoms with Gasteiger partial charge in [0.1, 0.15) is 11.5 Å². The van der Waals surface area contributed by atoms with Crippen LogP contribution in [0.5, 0.6) is 11.5 Å². The third-order valence-corrected chi connectivity index (χ3v) is 6.78. The second kappa shape index (κ2) is 13.3. The maximum Gasteiger partial charge on any atom is 0.343 e. The molecule has 1 aliphatic rings. The Kier molecular flexibility index (Phi) is 10.1. The summed E-state index contributed by atoms with van der Waals surface area (Å²) in [5.41, 5.74) is 1.96. The van der Waals surface area contributed by atoms with Gasteiger partial charge >= 0.3 is 5.97 Å². The van der Waals surface area contributed by atoms with Crippen molar-refractivity contribution >= 4 is 5.97 Å². The smallest absolute Gasteiger partial charge is 0.343 e. The molecule has 0 amide bonds. The van der Waals surface area contributed by atoms with Gasteiger partial charge in [0.2, 0.25) is 0 Å². The third-order valence-electron chi connectivity index (χ3n) is 6.78. The number of benzene rings is 2. The Balaban J connectivity index is 1.41. The number of hydrogen-bond donors (Lipinski definition) is 0. The summed E-state index contributed by atoms with van der Waals surface area (Å²) in [5, 5.41) is 0. The summed E-state index contributed by atoms with van der Waals surface area (Å²) in [6.07, 6.45) is 15.0. The quantitative estimate of drug-likeness (QED) is 0.190. The lowest BCUT2D eigenvalue weighted by atomic mass is 9.77. The van der Waals surface area contributed by atoms with E-state index in [1.165, 1.54) is 76.2 Å². The monoisotopic (exact) mass is 436 g/mol. The molecule has 1 saturated carbocycles. The minimum absolute atomic E-state index is 0.316. The maximum atomic E-state index is 12.5. The second-order valence-corrected chi connectivity index (χ2v) is 9.19. The van der Waals surface area contributed by atoms with Crippen molar-refractivity contribution in [3.05, 3.63) is 59.7 Å². The zero-order chi connectivity index (χ0) is 22.6. The van der Waals surface area contributed by atoms with E-state index in [-0.39, 0.29) is 5.97 Å². The predicted octanol–water partition coefficient (Wildman–Crippen LogP) is 8.33. The fourth-order valence-electron chi connectivity index (χ4n) is 4.83. The van der Waals surface area contributed by atoms with E-state index in [1.807, 2.05) is 31.2 Å². The summed E-state index contributed by atoms with van der Waals surface area (Å²) in [6, 6.07) is 15.2. The van der Waals surface area contributed by atoms with Crippen LogP contribution in [0.25, 0.3) is 0 Å². The van der Waals surface area contributed by atoms with E-state index >= 15 is 0 Å². The SMILES string of the molecule is CCCCCCCCC1CCC(c2ccc(C(=O)Oc3ccc(OCC)cc3)cc2)CC1. The van der Waals surface area contributed by atoms with E-state index in [9.17, 15) is 4.79 Å². The fourth-order valence-corrected chi connectivity index (χ4v) is 4.83. The first-order valence-electron chi connectivity index (χ1n) is 12.7. The summed E-state index contributed by atoms with van der Waals surface area (Å²) >= 11 is 0. The molecule has 0 atom stereocenters. The molecule has 0 saturated heterocycles. The van der Waals surface area contributed by atoms with Gasteiger partial charge in [0.15, 0.2) is 0 Å². The van der Waals surface area contributed by atoms with Crippen LogP contribution in [-0.2, 0) is 0 Å². The van der Waals surface area contributed by atoms with E-state index < -0.39 is 0 Å². The highest BCUT2D eigenvalue weighted by Gasteiger charge is 2.22. The number of unbranched alkanes of at least 4 members (excludes halogenated alkanes) is 5. The van der Waals surface area contributed by atoms with Crippen molar-refractivity contribution in [2.75, 3.05) is 6.61 Å². The van der Waals surface area contributed by atoms with Crippen LogP contribution in [0, 0.1) is 5.92 Å². The largest absolute Gasteiger partial charge is 0.494 e. The van der Waals surface area contributed by atoms with Gasteiger partial charge in [-0.15, -0.1) is 0 Å². The Hall–Kier alpha value is -2.29. The first kappa shape index (κ1) is 24.4. The molecule has 2 aromatic rings. The average molecular weight is 437 g/mol. The van der Waals surface area contributed by atoms with Crippen LogP contribution in [0.15, 0.2) is 48.5 Å². The molecule has 2 aromatic carbocycles. The Labute approximate surface area is 194 Å². The van der Waals surface area contributed by atoms with Gasteiger partial charge in [-0.3, -0.25) is 0 Å². The van der Waals surface area contributed by atoms with Crippen LogP contribution < -0.4 is 9.47 Å². The number of carbonyl (C=O) groups is 1. The molecule has 0 N–H and O–H groups in total. The number of rotatable bonds is 12. The van der Waals surface area contributed by atoms with Gasteiger partial charge in [0.25, 0.3) is 0 Å². The highest BCUT2D eigenvalue weighted by molar-refractivity contribution is 5.91. The summed E-state index contributed by atoms with van der Waals surface area (Å²) in [6.45, 7) is 4.84. The first-order chi connectivity index (χ1) is 15.7. The van der Waals surface area contributed by atoms with Crippen LogP contribution in [0.3, 0.4) is 0 Å². The molecule has 3 heteroatoms. The lowest BCUT2D eigenvalue weighted by Crippen LogP contribution is -2.14. The van der Waals surface area contributed by atoms with Crippen molar-refractivity contribution in [1.29, 1.82) is 0 Å². The summed E-state index contributed by atoms with van der Waals surface area (Å²) < 4.78 is 10.9. The molecule has 174 valence electrons. The number of esters is 1. The van der Waals surface area contributed by atoms with E-state index in [0.29, 0.717) is 23.8 Å². The molecule has 3 nitrogen and oxygen atoms in total. The van der Waals surface area contributed by atoms with Crippen LogP contribution in [0.4, 0.5) is 0 Å². The Morgan fingerprint density at radius 1 is 0.781 bits per heavy atom. The van der Waals surface area contributed by atoms with Crippen molar-refractivity contribution in [2.24, 2.45) is 5.92 Å². The fraction of sp³-hybridized carbons (Fsp3) is 0.552. The molecule has 1 fully saturated rings. The highest BCUT2D eigenvalue weighted by atomic mass is 16.5. The minimum Gasteiger partial charge on any atom is -0.494 e. The van der Waals surface area contributed by atoms with Crippen molar-refractivity contribution in [3.8, 4) is 11.5 Å². The molecule has 3 rings (SSSR count). The lowest BCUT2D eigenvalue weighted by molar-refractivity contribution is 0.0734. The predicted molar refractivity (Wildman–Crippen MR) is 132 cm³/mol. The number of carbonyl (C=O) groups excluding carboxylic acids is 1. The van der Waals surface area contributed by atoms with Crippen LogP contribution in [0.2, 0.25) is 0 Å². The van der Waals surface area contributed by atoms with Gasteiger partial charge in [-0.25, -0.2) is 4.79 Å². The molecule has 0 spiro atoms. The lowest BCUT2D eigenvalue weighted by Gasteiger charge is -2.29. The van der Waals surface area contributed by atoms with Gasteiger partial charge in [0, 0.05) is 0 Å². The normalized spacial score (nSPS) is 18.3. The number of hydrogen-bond acceptors (Lipinski definition) is 3. The molecule has 0 aromatic heterocycles. The summed E-state index contributed by atoms with van der Waals surface area (Å²) in [7, 11) is 0. The van der Waals surface area contributed by atoms with Gasteiger partial charge < -0.3 is 9.47 Å². The molecular weight excluding hydrogens is 396 g/mol. The third kappa shape index (κ3) is 7.69. The van der Waals surface area contributed by atoms with Crippen LogP contribution in [-0.4, -0.2) is 12.6 Å². The molecule has 0 unspecified atom stereocenters. The van der Waals surface area contributed by atoms with E-state index in [4.69, 9.17) is 9.47 Å². The Bertz CT molecular complexity index is 786. The molecule has 0 heterocycles. The van der Waals surface area contributed by atoms with E-state index in [0.717, 1.165) is 11.7 Å². The standard InChI is InChI=1S/C29H40O3/c1-3-5-6-7-8-9-10-23-11-13-24(14-12-23)25-15-17-26(18-16-25)29(30)32-28-21-19-27(20-22-28)31-4-2/h15-24H,3-14H2,1-2H3. The average Bonchev–Trinajstić information content (AvgIpc) is 2.83. The van der Waals surface area contributed by atoms with Crippen molar-refractivity contribution in [1.82, 2.24) is 0 Å². The zero-order valence-corrected chi connectivity index (χ0v) is 20.0. The highest BCUT2D eigenvalue weighted by Crippen LogP contribution is 2.38. The van der Waals surface area contributed by atoms with Gasteiger partial charge in [0.05, 0.1) is 12.2 Å². The van der Waals surface area contributed by atoms with Gasteiger partial charge in [-0.05, 0) is 86.4 Å². The van der Waals surface area contributed by atoms with Crippen LogP contribution in [0.1, 0.15) is 106 Å². The zero-order valence-electron chi connectivity index (χ0n) is 20.0. The molecule has 0 bridgehead atoms. The summed E-state index contributed by atoms with van der Waals surface area (Å²) in [5.74, 6) is 2.54. The summed E-state index contributed by atoms with van der Waals surface area (Å²) in [4.78, 5) is 12.5. The Morgan fingerprint density at radius 2 is 1.41 bits per heavy atom. The van der Waals surface area contributed by atoms with E-state index in [2.05, 4.69) is 19.1 Å². The minimum atomic E-state index is -0.316. The van der Waals surface area contributed by atoms with Crippen molar-refractivity contribution in [3.63, 3.8) is 0 Å². The second-order valence-electron chi connectivity index (χ2n) is 9.19. The number of ether oxygens (including phenoxy) is 2. The van der Waals surface area contributed by atoms with Gasteiger partial charge in [-0.1, -0.05) is 64.0 Å². The molecular formula is C29H40O3. The Morgan fingerprint density at radius 3 is 2.06 bits per heavy atom. The molecule has 1 aliphatic carbocycles. The van der Waals surface area contributed by atoms with Gasteiger partial charge in [-0.2, -0.15) is 0 Å². The molecule has 0 radical (unpaired) electrons. The maximum absolute atomic E-state index is 12.5. The first-order valence-corrected chi connectivity index (χ1v) is 12.7. The molecule has 0 aliphatic heterocycles. The van der Waals surface area contributed by atoms with Crippen molar-refractivity contribution in [2.45, 2.75) is 90.4 Å². The van der Waals surface area contributed by atoms with E-state index in [1.54, 1.807) is 12.1 Å². The van der Waals surface area contributed by atoms with Crippen molar-refractivity contribution < 1.29 is 14.3 Å². The molecule has 32 heavy (non-hydrogen) atoms. The van der Waals surface area contributed by atoms with Crippen LogP contribution >= 0.6 is 0 Å².